The Hall–Kier alpha value is -3.33. The number of ether oxygens (including phenoxy) is 1. The van der Waals surface area contributed by atoms with Crippen molar-refractivity contribution in [2.45, 2.75) is 25.8 Å². The number of nitrogens with one attached hydrogen (secondary N) is 1. The van der Waals surface area contributed by atoms with E-state index in [9.17, 15) is 19.2 Å². The van der Waals surface area contributed by atoms with Crippen LogP contribution in [0.25, 0.3) is 0 Å². The van der Waals surface area contributed by atoms with Gasteiger partial charge < -0.3 is 19.9 Å². The first-order valence-corrected chi connectivity index (χ1v) is 12.1. The largest absolute Gasteiger partial charge is 0.466 e. The van der Waals surface area contributed by atoms with Crippen molar-refractivity contribution in [2.75, 3.05) is 39.3 Å². The maximum Gasteiger partial charge on any atom is 0.322 e. The van der Waals surface area contributed by atoms with Crippen LogP contribution in [0.3, 0.4) is 0 Å². The third-order valence-electron chi connectivity index (χ3n) is 6.62. The molecule has 0 spiro atoms. The van der Waals surface area contributed by atoms with Crippen molar-refractivity contribution in [1.82, 2.24) is 20.0 Å². The van der Waals surface area contributed by atoms with Crippen molar-refractivity contribution in [1.29, 1.82) is 0 Å². The summed E-state index contributed by atoms with van der Waals surface area (Å²) in [4.78, 5) is 56.0. The van der Waals surface area contributed by atoms with Crippen molar-refractivity contribution in [3.05, 3.63) is 58.8 Å². The molecule has 0 bridgehead atoms. The van der Waals surface area contributed by atoms with Gasteiger partial charge in [-0.3, -0.25) is 19.3 Å². The molecule has 0 saturated carbocycles. The van der Waals surface area contributed by atoms with Crippen LogP contribution in [-0.4, -0.2) is 77.8 Å². The number of amides is 4. The molecule has 3 aliphatic rings. The molecule has 4 amide bonds. The second-order valence-corrected chi connectivity index (χ2v) is 9.14. The number of nitrogens with zero attached hydrogens (tertiary/aromatic N) is 3. The van der Waals surface area contributed by atoms with Crippen LogP contribution >= 0.6 is 11.6 Å². The fourth-order valence-corrected chi connectivity index (χ4v) is 5.07. The third kappa shape index (κ3) is 4.91. The van der Waals surface area contributed by atoms with E-state index < -0.39 is 6.04 Å². The van der Waals surface area contributed by atoms with Gasteiger partial charge >= 0.3 is 12.0 Å². The summed E-state index contributed by atoms with van der Waals surface area (Å²) in [5.74, 6) is -0.934. The Labute approximate surface area is 209 Å². The predicted octanol–water partition coefficient (Wildman–Crippen LogP) is 2.49. The van der Waals surface area contributed by atoms with Crippen molar-refractivity contribution >= 4 is 35.4 Å². The predicted molar refractivity (Wildman–Crippen MR) is 129 cm³/mol. The number of urea groups is 1. The molecule has 35 heavy (non-hydrogen) atoms. The van der Waals surface area contributed by atoms with E-state index in [1.807, 2.05) is 0 Å². The highest BCUT2D eigenvalue weighted by Crippen LogP contribution is 2.38. The number of hydrogen-bond acceptors (Lipinski definition) is 5. The molecule has 0 aromatic heterocycles. The normalized spacial score (nSPS) is 20.6. The monoisotopic (exact) mass is 500 g/mol. The van der Waals surface area contributed by atoms with Gasteiger partial charge in [-0.2, -0.15) is 0 Å². The van der Waals surface area contributed by atoms with E-state index in [0.717, 1.165) is 0 Å². The second kappa shape index (κ2) is 10.5. The maximum atomic E-state index is 13.5. The average molecular weight is 501 g/mol. The van der Waals surface area contributed by atoms with Crippen LogP contribution in [0, 0.1) is 5.92 Å². The molecule has 1 aromatic rings. The Morgan fingerprint density at radius 3 is 2.60 bits per heavy atom. The summed E-state index contributed by atoms with van der Waals surface area (Å²) < 4.78 is 5.09. The molecular formula is C25H29ClN4O5. The van der Waals surface area contributed by atoms with E-state index in [1.165, 1.54) is 9.80 Å². The van der Waals surface area contributed by atoms with E-state index in [1.54, 1.807) is 42.2 Å². The smallest absolute Gasteiger partial charge is 0.322 e. The van der Waals surface area contributed by atoms with Gasteiger partial charge in [-0.25, -0.2) is 4.79 Å². The number of carbonyl (C=O) groups excluding carboxylic acids is 4. The van der Waals surface area contributed by atoms with E-state index in [4.69, 9.17) is 16.3 Å². The van der Waals surface area contributed by atoms with Gasteiger partial charge in [0.2, 0.25) is 5.91 Å². The number of benzene rings is 1. The van der Waals surface area contributed by atoms with Crippen molar-refractivity contribution in [3.63, 3.8) is 0 Å². The van der Waals surface area contributed by atoms with Gasteiger partial charge in [-0.15, -0.1) is 6.58 Å². The Morgan fingerprint density at radius 2 is 1.94 bits per heavy atom. The van der Waals surface area contributed by atoms with E-state index in [2.05, 4.69) is 11.9 Å². The number of likely N-dealkylation sites (tertiary alicyclic amines) is 1. The number of rotatable bonds is 7. The molecule has 4 rings (SSSR count). The minimum atomic E-state index is -0.708. The fourth-order valence-electron chi connectivity index (χ4n) is 4.83. The Balaban J connectivity index is 1.50. The van der Waals surface area contributed by atoms with Crippen LogP contribution in [0.4, 0.5) is 4.79 Å². The third-order valence-corrected chi connectivity index (χ3v) is 6.96. The van der Waals surface area contributed by atoms with Crippen molar-refractivity contribution < 1.29 is 23.9 Å². The standard InChI is InChI=1S/C25H29ClN4O5/c1-3-11-30-19-14-29(15-20(31)28-12-9-16(10-13-28)24(33)35-4-2)23(32)21(19)22(27-25(30)34)17-7-5-6-8-18(17)26/h3,5-8,16,22H,1,4,9-15H2,2H3,(H,27,34)/t22-/m0/s1. The highest BCUT2D eigenvalue weighted by molar-refractivity contribution is 6.31. The first-order chi connectivity index (χ1) is 16.8. The number of carbonyl (C=O) groups is 4. The number of esters is 1. The Morgan fingerprint density at radius 1 is 1.23 bits per heavy atom. The van der Waals surface area contributed by atoms with E-state index in [-0.39, 0.29) is 49.4 Å². The van der Waals surface area contributed by atoms with Gasteiger partial charge in [0.1, 0.15) is 6.54 Å². The van der Waals surface area contributed by atoms with Crippen LogP contribution in [-0.2, 0) is 19.1 Å². The molecule has 0 radical (unpaired) electrons. The first-order valence-electron chi connectivity index (χ1n) is 11.8. The molecule has 9 nitrogen and oxygen atoms in total. The molecule has 1 fully saturated rings. The fraction of sp³-hybridized carbons (Fsp3) is 0.440. The maximum absolute atomic E-state index is 13.5. The minimum Gasteiger partial charge on any atom is -0.466 e. The summed E-state index contributed by atoms with van der Waals surface area (Å²) in [6.45, 7) is 6.95. The van der Waals surface area contributed by atoms with Crippen molar-refractivity contribution in [3.8, 4) is 0 Å². The van der Waals surface area contributed by atoms with Gasteiger partial charge in [0, 0.05) is 24.7 Å². The number of halogens is 1. The first kappa shape index (κ1) is 24.8. The van der Waals surface area contributed by atoms with Gasteiger partial charge in [-0.1, -0.05) is 35.9 Å². The van der Waals surface area contributed by atoms with Crippen LogP contribution in [0.1, 0.15) is 31.4 Å². The number of piperidine rings is 1. The molecule has 1 N–H and O–H groups in total. The van der Waals surface area contributed by atoms with Crippen LogP contribution in [0.2, 0.25) is 5.02 Å². The summed E-state index contributed by atoms with van der Waals surface area (Å²) in [7, 11) is 0. The quantitative estimate of drug-likeness (QED) is 0.458. The summed E-state index contributed by atoms with van der Waals surface area (Å²) in [6.07, 6.45) is 2.66. The van der Waals surface area contributed by atoms with Crippen LogP contribution < -0.4 is 5.32 Å². The highest BCUT2D eigenvalue weighted by Gasteiger charge is 2.45. The molecule has 3 heterocycles. The van der Waals surface area contributed by atoms with E-state index in [0.29, 0.717) is 54.4 Å². The van der Waals surface area contributed by atoms with Crippen LogP contribution in [0.15, 0.2) is 48.2 Å². The molecule has 1 saturated heterocycles. The lowest BCUT2D eigenvalue weighted by atomic mass is 9.95. The van der Waals surface area contributed by atoms with Crippen LogP contribution in [0.5, 0.6) is 0 Å². The lowest BCUT2D eigenvalue weighted by molar-refractivity contribution is -0.151. The SMILES string of the molecule is C=CCN1C(=O)N[C@@H](c2ccccc2Cl)C2=C1CN(CC(=O)N1CCC(C(=O)OCC)CC1)C2=O. The summed E-state index contributed by atoms with van der Waals surface area (Å²) in [6, 6.07) is 6.00. The van der Waals surface area contributed by atoms with Gasteiger partial charge in [0.25, 0.3) is 5.91 Å². The number of hydrogen-bond donors (Lipinski definition) is 1. The van der Waals surface area contributed by atoms with Gasteiger partial charge in [0.15, 0.2) is 0 Å². The summed E-state index contributed by atoms with van der Waals surface area (Å²) >= 11 is 6.39. The second-order valence-electron chi connectivity index (χ2n) is 8.73. The molecule has 1 aromatic carbocycles. The topological polar surface area (TPSA) is 99.3 Å². The lowest BCUT2D eigenvalue weighted by Crippen LogP contribution is -2.47. The molecule has 1 atom stereocenters. The zero-order valence-corrected chi connectivity index (χ0v) is 20.4. The van der Waals surface area contributed by atoms with Gasteiger partial charge in [0.05, 0.1) is 36.4 Å². The average Bonchev–Trinajstić information content (AvgIpc) is 3.17. The molecule has 3 aliphatic heterocycles. The Kier molecular flexibility index (Phi) is 7.45. The lowest BCUT2D eigenvalue weighted by Gasteiger charge is -2.33. The molecule has 10 heteroatoms. The van der Waals surface area contributed by atoms with Crippen molar-refractivity contribution in [2.24, 2.45) is 5.92 Å². The molecular weight excluding hydrogens is 472 g/mol. The summed E-state index contributed by atoms with van der Waals surface area (Å²) in [5.41, 5.74) is 1.58. The minimum absolute atomic E-state index is 0.110. The van der Waals surface area contributed by atoms with E-state index >= 15 is 0 Å². The zero-order valence-electron chi connectivity index (χ0n) is 19.7. The molecule has 0 unspecified atom stereocenters. The molecule has 0 aliphatic carbocycles. The summed E-state index contributed by atoms with van der Waals surface area (Å²) in [5, 5.41) is 3.32. The Bertz CT molecular complexity index is 1080. The highest BCUT2D eigenvalue weighted by atomic mass is 35.5. The molecule has 186 valence electrons. The zero-order chi connectivity index (χ0) is 25.1. The van der Waals surface area contributed by atoms with Gasteiger partial charge in [-0.05, 0) is 31.4 Å².